The van der Waals surface area contributed by atoms with E-state index in [2.05, 4.69) is 150 Å². The number of pyridine rings is 2. The molecule has 0 N–H and O–H groups in total. The molecule has 0 saturated heterocycles. The van der Waals surface area contributed by atoms with Crippen LogP contribution in [0.4, 0.5) is 0 Å². The second-order valence-electron chi connectivity index (χ2n) is 13.1. The monoisotopic (exact) mass is 677 g/mol. The zero-order chi connectivity index (χ0) is 35.1. The molecule has 0 radical (unpaired) electrons. The molecular weight excluding hydrogens is 647 g/mol. The van der Waals surface area contributed by atoms with Crippen LogP contribution in [0.5, 0.6) is 0 Å². The van der Waals surface area contributed by atoms with E-state index >= 15 is 0 Å². The molecule has 10 rings (SSSR count). The highest BCUT2D eigenvalue weighted by atomic mass is 15.0. The van der Waals surface area contributed by atoms with E-state index < -0.39 is 0 Å². The Kier molecular flexibility index (Phi) is 7.40. The molecule has 0 unspecified atom stereocenters. The molecule has 0 saturated carbocycles. The Morgan fingerprint density at radius 3 is 1.47 bits per heavy atom. The largest absolute Gasteiger partial charge is 0.298 e. The number of hydrogen-bond acceptors (Lipinski definition) is 4. The fourth-order valence-electron chi connectivity index (χ4n) is 7.13. The number of imidazole rings is 1. The first-order valence-corrected chi connectivity index (χ1v) is 17.7. The van der Waals surface area contributed by atoms with Gasteiger partial charge in [0.15, 0.2) is 5.82 Å². The Morgan fingerprint density at radius 1 is 0.358 bits per heavy atom. The molecule has 0 fully saturated rings. The smallest absolute Gasteiger partial charge is 0.160 e. The molecule has 4 heterocycles. The zero-order valence-electron chi connectivity index (χ0n) is 28.6. The number of hydrogen-bond donors (Lipinski definition) is 0. The fraction of sp³-hybridized carbons (Fsp3) is 0. The van der Waals surface area contributed by atoms with Crippen LogP contribution < -0.4 is 0 Å². The van der Waals surface area contributed by atoms with E-state index in [9.17, 15) is 0 Å². The van der Waals surface area contributed by atoms with Crippen molar-refractivity contribution < 1.29 is 0 Å². The van der Waals surface area contributed by atoms with Crippen molar-refractivity contribution in [2.45, 2.75) is 0 Å². The van der Waals surface area contributed by atoms with Crippen molar-refractivity contribution >= 4 is 27.6 Å². The Bertz CT molecular complexity index is 2800. The first-order chi connectivity index (χ1) is 26.2. The summed E-state index contributed by atoms with van der Waals surface area (Å²) >= 11 is 0. The Labute approximate surface area is 306 Å². The molecule has 53 heavy (non-hydrogen) atoms. The molecule has 10 aromatic rings. The molecule has 5 heteroatoms. The van der Waals surface area contributed by atoms with Crippen molar-refractivity contribution in [3.05, 3.63) is 188 Å². The van der Waals surface area contributed by atoms with E-state index in [1.807, 2.05) is 42.5 Å². The van der Waals surface area contributed by atoms with Crippen LogP contribution in [0, 0.1) is 0 Å². The maximum absolute atomic E-state index is 5.18. The topological polar surface area (TPSA) is 56.0 Å². The van der Waals surface area contributed by atoms with Crippen molar-refractivity contribution in [2.75, 3.05) is 0 Å². The lowest BCUT2D eigenvalue weighted by molar-refractivity contribution is 1.18. The molecule has 4 aromatic heterocycles. The first kappa shape index (κ1) is 30.6. The highest BCUT2D eigenvalue weighted by molar-refractivity contribution is 6.09. The minimum atomic E-state index is 0.678. The summed E-state index contributed by atoms with van der Waals surface area (Å²) in [6.07, 6.45) is 2.06. The third kappa shape index (κ3) is 5.61. The highest BCUT2D eigenvalue weighted by Gasteiger charge is 2.17. The van der Waals surface area contributed by atoms with Gasteiger partial charge < -0.3 is 0 Å². The van der Waals surface area contributed by atoms with E-state index in [-0.39, 0.29) is 0 Å². The van der Waals surface area contributed by atoms with Gasteiger partial charge in [0.25, 0.3) is 0 Å². The van der Waals surface area contributed by atoms with Crippen LogP contribution >= 0.6 is 0 Å². The summed E-state index contributed by atoms with van der Waals surface area (Å²) in [6.45, 7) is 0. The molecule has 0 atom stereocenters. The minimum Gasteiger partial charge on any atom is -0.298 e. The summed E-state index contributed by atoms with van der Waals surface area (Å²) in [4.78, 5) is 20.5. The van der Waals surface area contributed by atoms with Gasteiger partial charge in [-0.05, 0) is 46.5 Å². The lowest BCUT2D eigenvalue weighted by Gasteiger charge is -2.12. The number of rotatable bonds is 6. The van der Waals surface area contributed by atoms with E-state index in [1.54, 1.807) is 0 Å². The lowest BCUT2D eigenvalue weighted by atomic mass is 10.0. The summed E-state index contributed by atoms with van der Waals surface area (Å²) in [5.74, 6) is 0.678. The van der Waals surface area contributed by atoms with Gasteiger partial charge in [-0.3, -0.25) is 4.40 Å². The van der Waals surface area contributed by atoms with E-state index in [0.29, 0.717) is 5.82 Å². The van der Waals surface area contributed by atoms with Crippen molar-refractivity contribution in [3.8, 4) is 67.4 Å². The second kappa shape index (κ2) is 12.8. The summed E-state index contributed by atoms with van der Waals surface area (Å²) in [6, 6.07) is 62.9. The normalized spacial score (nSPS) is 11.4. The van der Waals surface area contributed by atoms with Crippen LogP contribution in [0.2, 0.25) is 0 Å². The standard InChI is InChI=1S/C48H31N5/c1-3-11-32(12-4-1)34-18-22-36(23-19-34)42-31-43(51-48(50-42)39-28-20-35(21-29-39)33-13-5-2-6-14-33)37-24-26-38(27-25-37)45-47-46(40-15-7-8-16-41(40)49-45)52-44-17-9-10-30-53(44)47/h1-31H. The van der Waals surface area contributed by atoms with Gasteiger partial charge >= 0.3 is 0 Å². The summed E-state index contributed by atoms with van der Waals surface area (Å²) in [5.41, 5.74) is 15.0. The van der Waals surface area contributed by atoms with Gasteiger partial charge in [0.1, 0.15) is 11.2 Å². The van der Waals surface area contributed by atoms with Crippen LogP contribution in [-0.2, 0) is 0 Å². The van der Waals surface area contributed by atoms with Crippen molar-refractivity contribution in [2.24, 2.45) is 0 Å². The predicted molar refractivity (Wildman–Crippen MR) is 216 cm³/mol. The Morgan fingerprint density at radius 2 is 0.849 bits per heavy atom. The van der Waals surface area contributed by atoms with Crippen molar-refractivity contribution in [1.29, 1.82) is 0 Å². The van der Waals surface area contributed by atoms with Crippen molar-refractivity contribution in [1.82, 2.24) is 24.3 Å². The molecule has 0 aliphatic carbocycles. The van der Waals surface area contributed by atoms with Gasteiger partial charge in [0.2, 0.25) is 0 Å². The summed E-state index contributed by atoms with van der Waals surface area (Å²) in [5, 5.41) is 1.04. The molecule has 0 spiro atoms. The highest BCUT2D eigenvalue weighted by Crippen LogP contribution is 2.35. The maximum Gasteiger partial charge on any atom is 0.160 e. The second-order valence-corrected chi connectivity index (χ2v) is 13.1. The molecule has 248 valence electrons. The molecule has 0 bridgehead atoms. The third-order valence-electron chi connectivity index (χ3n) is 9.86. The predicted octanol–water partition coefficient (Wildman–Crippen LogP) is 11.8. The third-order valence-corrected chi connectivity index (χ3v) is 9.86. The fourth-order valence-corrected chi connectivity index (χ4v) is 7.13. The SMILES string of the molecule is c1ccc(-c2ccc(-c3cc(-c4ccc(-c5nc6ccccc6c6nc7ccccn7c56)cc4)nc(-c4ccc(-c5ccccc5)cc4)n3)cc2)cc1. The number of fused-ring (bicyclic) bond motifs is 5. The molecule has 6 aromatic carbocycles. The first-order valence-electron chi connectivity index (χ1n) is 17.7. The van der Waals surface area contributed by atoms with Crippen LogP contribution in [0.3, 0.4) is 0 Å². The van der Waals surface area contributed by atoms with Crippen LogP contribution in [0.1, 0.15) is 0 Å². The summed E-state index contributed by atoms with van der Waals surface area (Å²) in [7, 11) is 0. The molecule has 0 aliphatic rings. The van der Waals surface area contributed by atoms with Crippen LogP contribution in [0.25, 0.3) is 95.0 Å². The van der Waals surface area contributed by atoms with Gasteiger partial charge in [-0.25, -0.2) is 19.9 Å². The Balaban J connectivity index is 1.08. The summed E-state index contributed by atoms with van der Waals surface area (Å²) < 4.78 is 2.13. The quantitative estimate of drug-likeness (QED) is 0.176. The minimum absolute atomic E-state index is 0.678. The van der Waals surface area contributed by atoms with E-state index in [0.717, 1.165) is 72.5 Å². The van der Waals surface area contributed by atoms with Gasteiger partial charge in [-0.2, -0.15) is 0 Å². The van der Waals surface area contributed by atoms with Gasteiger partial charge in [-0.1, -0.05) is 158 Å². The number of aromatic nitrogens is 5. The molecule has 0 amide bonds. The zero-order valence-corrected chi connectivity index (χ0v) is 28.6. The van der Waals surface area contributed by atoms with Gasteiger partial charge in [0, 0.05) is 33.8 Å². The van der Waals surface area contributed by atoms with Gasteiger partial charge in [0.05, 0.1) is 28.1 Å². The molecule has 0 aliphatic heterocycles. The van der Waals surface area contributed by atoms with E-state index in [4.69, 9.17) is 19.9 Å². The number of benzene rings is 6. The van der Waals surface area contributed by atoms with Crippen LogP contribution in [0.15, 0.2) is 188 Å². The maximum atomic E-state index is 5.18. The average Bonchev–Trinajstić information content (AvgIpc) is 3.64. The van der Waals surface area contributed by atoms with Gasteiger partial charge in [-0.15, -0.1) is 0 Å². The molecule has 5 nitrogen and oxygen atoms in total. The molecular formula is C48H31N5. The van der Waals surface area contributed by atoms with Crippen LogP contribution in [-0.4, -0.2) is 24.3 Å². The lowest BCUT2D eigenvalue weighted by Crippen LogP contribution is -1.96. The number of nitrogens with zero attached hydrogens (tertiary/aromatic N) is 5. The van der Waals surface area contributed by atoms with E-state index in [1.165, 1.54) is 16.7 Å². The average molecular weight is 678 g/mol. The number of para-hydroxylation sites is 1. The van der Waals surface area contributed by atoms with Crippen molar-refractivity contribution in [3.63, 3.8) is 0 Å². The Hall–Kier alpha value is -7.24.